The Morgan fingerprint density at radius 1 is 1.24 bits per heavy atom. The van der Waals surface area contributed by atoms with E-state index < -0.39 is 54.9 Å². The summed E-state index contributed by atoms with van der Waals surface area (Å²) in [5, 5.41) is 15.9. The summed E-state index contributed by atoms with van der Waals surface area (Å²) in [4.78, 5) is 68.8. The molecule has 1 aliphatic heterocycles. The molecule has 0 spiro atoms. The van der Waals surface area contributed by atoms with Crippen molar-refractivity contribution >= 4 is 29.6 Å². The highest BCUT2D eigenvalue weighted by atomic mass is 16.4. The molecule has 1 aromatic rings. The first-order chi connectivity index (χ1) is 15.6. The Hall–Kier alpha value is -3.48. The number of imidazole rings is 1. The first-order valence-corrected chi connectivity index (χ1v) is 10.7. The van der Waals surface area contributed by atoms with Crippen LogP contribution in [0.15, 0.2) is 12.5 Å². The van der Waals surface area contributed by atoms with Gasteiger partial charge in [0, 0.05) is 19.2 Å². The molecule has 2 heterocycles. The van der Waals surface area contributed by atoms with Gasteiger partial charge in [-0.1, -0.05) is 13.8 Å². The van der Waals surface area contributed by atoms with E-state index in [4.69, 9.17) is 10.8 Å². The summed E-state index contributed by atoms with van der Waals surface area (Å²) in [5.41, 5.74) is 6.42. The number of H-pyrrole nitrogens is 1. The summed E-state index contributed by atoms with van der Waals surface area (Å²) in [5.74, 6) is -3.44. The molecule has 1 aromatic heterocycles. The molecule has 1 fully saturated rings. The minimum Gasteiger partial charge on any atom is -0.480 e. The zero-order valence-corrected chi connectivity index (χ0v) is 18.7. The normalized spacial score (nSPS) is 17.3. The number of nitrogens with zero attached hydrogens (tertiary/aromatic N) is 2. The smallest absolute Gasteiger partial charge is 0.322 e. The molecule has 1 saturated heterocycles. The summed E-state index contributed by atoms with van der Waals surface area (Å²) in [6, 6.07) is -2.52. The van der Waals surface area contributed by atoms with Crippen LogP contribution in [0.5, 0.6) is 0 Å². The van der Waals surface area contributed by atoms with E-state index in [-0.39, 0.29) is 18.2 Å². The van der Waals surface area contributed by atoms with Crippen LogP contribution >= 0.6 is 0 Å². The van der Waals surface area contributed by atoms with Gasteiger partial charge in [-0.25, -0.2) is 4.98 Å². The Labute approximate surface area is 190 Å². The SMILES string of the molecule is CC(C)[C@H](N)C(=O)N1CCC[C@H]1C(=O)NCC(=O)N[C@@H](Cc1c[nH]cn1)C(=O)NCC(=O)O. The number of carbonyl (C=O) groups is 5. The Kier molecular flexibility index (Phi) is 9.33. The van der Waals surface area contributed by atoms with Crippen molar-refractivity contribution in [3.05, 3.63) is 18.2 Å². The van der Waals surface area contributed by atoms with Crippen LogP contribution in [0.25, 0.3) is 0 Å². The maximum Gasteiger partial charge on any atom is 0.322 e. The third-order valence-corrected chi connectivity index (χ3v) is 5.30. The molecular formula is C20H31N7O6. The molecule has 2 rings (SSSR count). The van der Waals surface area contributed by atoms with Crippen LogP contribution in [-0.4, -0.2) is 87.3 Å². The van der Waals surface area contributed by atoms with Gasteiger partial charge in [0.1, 0.15) is 18.6 Å². The van der Waals surface area contributed by atoms with Crippen molar-refractivity contribution < 1.29 is 29.1 Å². The van der Waals surface area contributed by atoms with Crippen LogP contribution in [0, 0.1) is 5.92 Å². The van der Waals surface area contributed by atoms with E-state index in [1.807, 2.05) is 13.8 Å². The molecule has 13 nitrogen and oxygen atoms in total. The lowest BCUT2D eigenvalue weighted by Gasteiger charge is -2.28. The second-order valence-corrected chi connectivity index (χ2v) is 8.17. The van der Waals surface area contributed by atoms with Crippen LogP contribution < -0.4 is 21.7 Å². The van der Waals surface area contributed by atoms with E-state index in [1.165, 1.54) is 11.2 Å². The zero-order valence-electron chi connectivity index (χ0n) is 18.7. The number of nitrogens with one attached hydrogen (secondary N) is 4. The number of carbonyl (C=O) groups excluding carboxylic acids is 4. The van der Waals surface area contributed by atoms with Crippen LogP contribution in [-0.2, 0) is 30.4 Å². The number of carboxylic acid groups (broad SMARTS) is 1. The number of aliphatic carboxylic acids is 1. The minimum absolute atomic E-state index is 0.0205. The van der Waals surface area contributed by atoms with Gasteiger partial charge in [-0.05, 0) is 18.8 Å². The van der Waals surface area contributed by atoms with Crippen molar-refractivity contribution in [2.24, 2.45) is 11.7 Å². The topological polar surface area (TPSA) is 200 Å². The summed E-state index contributed by atoms with van der Waals surface area (Å²) in [6.07, 6.45) is 4.08. The van der Waals surface area contributed by atoms with Crippen molar-refractivity contribution in [3.63, 3.8) is 0 Å². The number of rotatable bonds is 11. The van der Waals surface area contributed by atoms with Crippen LogP contribution in [0.1, 0.15) is 32.4 Å². The number of nitrogens with two attached hydrogens (primary N) is 1. The third kappa shape index (κ3) is 7.56. The number of aromatic nitrogens is 2. The minimum atomic E-state index is -1.23. The molecule has 1 aliphatic rings. The fraction of sp³-hybridized carbons (Fsp3) is 0.600. The van der Waals surface area contributed by atoms with E-state index in [2.05, 4.69) is 25.9 Å². The largest absolute Gasteiger partial charge is 0.480 e. The lowest BCUT2D eigenvalue weighted by Crippen LogP contribution is -2.54. The predicted octanol–water partition coefficient (Wildman–Crippen LogP) is -2.27. The quantitative estimate of drug-likeness (QED) is 0.210. The molecule has 0 saturated carbocycles. The molecule has 0 aliphatic carbocycles. The van der Waals surface area contributed by atoms with Gasteiger partial charge >= 0.3 is 5.97 Å². The monoisotopic (exact) mass is 465 g/mol. The highest BCUT2D eigenvalue weighted by molar-refractivity contribution is 5.94. The van der Waals surface area contributed by atoms with Crippen molar-refractivity contribution in [1.82, 2.24) is 30.8 Å². The lowest BCUT2D eigenvalue weighted by molar-refractivity contribution is -0.140. The molecule has 7 N–H and O–H groups in total. The molecular weight excluding hydrogens is 434 g/mol. The van der Waals surface area contributed by atoms with E-state index in [0.29, 0.717) is 25.1 Å². The molecule has 0 aromatic carbocycles. The maximum atomic E-state index is 12.6. The van der Waals surface area contributed by atoms with Gasteiger partial charge in [0.25, 0.3) is 0 Å². The van der Waals surface area contributed by atoms with Gasteiger partial charge in [-0.3, -0.25) is 24.0 Å². The summed E-state index contributed by atoms with van der Waals surface area (Å²) in [6.45, 7) is 3.04. The average Bonchev–Trinajstić information content (AvgIpc) is 3.46. The lowest BCUT2D eigenvalue weighted by atomic mass is 10.0. The standard InChI is InChI=1S/C20H31N7O6/c1-11(2)17(21)20(33)27-5-3-4-14(27)19(32)23-8-15(28)26-13(6-12-7-22-10-25-12)18(31)24-9-16(29)30/h7,10-11,13-14,17H,3-6,8-9,21H2,1-2H3,(H,22,25)(H,23,32)(H,24,31)(H,26,28)(H,29,30)/t13-,14-,17-/m0/s1. The van der Waals surface area contributed by atoms with E-state index in [9.17, 15) is 24.0 Å². The molecule has 182 valence electrons. The second kappa shape index (κ2) is 11.9. The van der Waals surface area contributed by atoms with Crippen molar-refractivity contribution in [1.29, 1.82) is 0 Å². The van der Waals surface area contributed by atoms with E-state index >= 15 is 0 Å². The summed E-state index contributed by atoms with van der Waals surface area (Å²) < 4.78 is 0. The van der Waals surface area contributed by atoms with Gasteiger partial charge in [-0.2, -0.15) is 0 Å². The summed E-state index contributed by atoms with van der Waals surface area (Å²) >= 11 is 0. The molecule has 3 atom stereocenters. The number of aromatic amines is 1. The van der Waals surface area contributed by atoms with Gasteiger partial charge < -0.3 is 36.7 Å². The van der Waals surface area contributed by atoms with Crippen LogP contribution in [0.3, 0.4) is 0 Å². The molecule has 0 unspecified atom stereocenters. The first kappa shape index (κ1) is 25.8. The van der Waals surface area contributed by atoms with Crippen LogP contribution in [0.2, 0.25) is 0 Å². The van der Waals surface area contributed by atoms with Gasteiger partial charge in [0.2, 0.25) is 23.6 Å². The van der Waals surface area contributed by atoms with Crippen molar-refractivity contribution in [2.75, 3.05) is 19.6 Å². The molecule has 33 heavy (non-hydrogen) atoms. The number of carboxylic acids is 1. The zero-order chi connectivity index (χ0) is 24.5. The van der Waals surface area contributed by atoms with Crippen molar-refractivity contribution in [3.8, 4) is 0 Å². The van der Waals surface area contributed by atoms with Gasteiger partial charge in [-0.15, -0.1) is 0 Å². The highest BCUT2D eigenvalue weighted by Crippen LogP contribution is 2.19. The average molecular weight is 466 g/mol. The Bertz CT molecular complexity index is 857. The Morgan fingerprint density at radius 2 is 1.97 bits per heavy atom. The maximum absolute atomic E-state index is 12.6. The Balaban J connectivity index is 1.93. The predicted molar refractivity (Wildman–Crippen MR) is 115 cm³/mol. The number of hydrogen-bond acceptors (Lipinski definition) is 7. The molecule has 13 heteroatoms. The van der Waals surface area contributed by atoms with E-state index in [0.717, 1.165) is 0 Å². The highest BCUT2D eigenvalue weighted by Gasteiger charge is 2.37. The number of amides is 4. The number of likely N-dealkylation sites (tertiary alicyclic amines) is 1. The fourth-order valence-electron chi connectivity index (χ4n) is 3.42. The van der Waals surface area contributed by atoms with Crippen molar-refractivity contribution in [2.45, 2.75) is 51.2 Å². The first-order valence-electron chi connectivity index (χ1n) is 10.7. The second-order valence-electron chi connectivity index (χ2n) is 8.17. The number of hydrogen-bond donors (Lipinski definition) is 6. The molecule has 0 bridgehead atoms. The third-order valence-electron chi connectivity index (χ3n) is 5.30. The fourth-order valence-corrected chi connectivity index (χ4v) is 3.42. The van der Waals surface area contributed by atoms with E-state index in [1.54, 1.807) is 6.20 Å². The van der Waals surface area contributed by atoms with Gasteiger partial charge in [0.05, 0.1) is 24.6 Å². The molecule has 0 radical (unpaired) electrons. The summed E-state index contributed by atoms with van der Waals surface area (Å²) in [7, 11) is 0. The molecule has 4 amide bonds. The van der Waals surface area contributed by atoms with Gasteiger partial charge in [0.15, 0.2) is 0 Å². The van der Waals surface area contributed by atoms with Crippen LogP contribution in [0.4, 0.5) is 0 Å². The Morgan fingerprint density at radius 3 is 2.58 bits per heavy atom.